The largest absolute Gasteiger partial charge is 0.478 e. The minimum absolute atomic E-state index is 0.0396. The van der Waals surface area contributed by atoms with E-state index in [9.17, 15) is 4.79 Å². The maximum Gasteiger partial charge on any atom is 0.339 e. The number of aromatic carboxylic acids is 1. The third kappa shape index (κ3) is 2.66. The zero-order chi connectivity index (χ0) is 13.8. The zero-order valence-corrected chi connectivity index (χ0v) is 9.99. The summed E-state index contributed by atoms with van der Waals surface area (Å²) < 4.78 is 5.40. The summed E-state index contributed by atoms with van der Waals surface area (Å²) in [5, 5.41) is 18.0. The van der Waals surface area contributed by atoms with Gasteiger partial charge in [0.1, 0.15) is 17.2 Å². The Bertz CT molecular complexity index is 677. The van der Waals surface area contributed by atoms with Crippen LogP contribution in [0.1, 0.15) is 21.6 Å². The fourth-order valence-electron chi connectivity index (χ4n) is 1.44. The molecule has 2 aromatic rings. The molecule has 94 valence electrons. The lowest BCUT2D eigenvalue weighted by Crippen LogP contribution is -2.02. The van der Waals surface area contributed by atoms with Crippen LogP contribution in [0.3, 0.4) is 0 Å². The Morgan fingerprint density at radius 1 is 1.42 bits per heavy atom. The number of hydrogen-bond donors (Lipinski definition) is 1. The fourth-order valence-corrected chi connectivity index (χ4v) is 1.44. The van der Waals surface area contributed by atoms with Gasteiger partial charge in [-0.3, -0.25) is 4.98 Å². The molecule has 6 heteroatoms. The summed E-state index contributed by atoms with van der Waals surface area (Å²) in [5.41, 5.74) is 0.850. The van der Waals surface area contributed by atoms with Gasteiger partial charge in [-0.15, -0.1) is 0 Å². The van der Waals surface area contributed by atoms with Crippen molar-refractivity contribution >= 4 is 5.97 Å². The lowest BCUT2D eigenvalue weighted by Gasteiger charge is -2.08. The predicted octanol–water partition coefficient (Wildman–Crippen LogP) is 2.15. The van der Waals surface area contributed by atoms with E-state index in [1.165, 1.54) is 18.5 Å². The number of carboxylic acids is 1. The Balaban J connectivity index is 2.45. The molecule has 1 N–H and O–H groups in total. The highest BCUT2D eigenvalue weighted by molar-refractivity contribution is 5.90. The van der Waals surface area contributed by atoms with Crippen LogP contribution in [0.15, 0.2) is 30.6 Å². The molecule has 0 saturated heterocycles. The number of hydrogen-bond acceptors (Lipinski definition) is 5. The van der Waals surface area contributed by atoms with Gasteiger partial charge in [-0.05, 0) is 25.1 Å². The van der Waals surface area contributed by atoms with Gasteiger partial charge in [-0.25, -0.2) is 9.78 Å². The van der Waals surface area contributed by atoms with Gasteiger partial charge < -0.3 is 9.84 Å². The summed E-state index contributed by atoms with van der Waals surface area (Å²) in [6, 6.07) is 6.49. The van der Waals surface area contributed by atoms with E-state index < -0.39 is 5.97 Å². The van der Waals surface area contributed by atoms with Crippen LogP contribution >= 0.6 is 0 Å². The van der Waals surface area contributed by atoms with Crippen molar-refractivity contribution in [3.8, 4) is 17.7 Å². The molecule has 0 atom stereocenters. The minimum Gasteiger partial charge on any atom is -0.478 e. The maximum atomic E-state index is 11.0. The minimum atomic E-state index is -1.14. The molecule has 0 radical (unpaired) electrons. The van der Waals surface area contributed by atoms with Crippen molar-refractivity contribution in [3.63, 3.8) is 0 Å². The third-order valence-electron chi connectivity index (χ3n) is 2.34. The van der Waals surface area contributed by atoms with Crippen molar-refractivity contribution < 1.29 is 14.6 Å². The van der Waals surface area contributed by atoms with Gasteiger partial charge in [0.15, 0.2) is 5.75 Å². The molecule has 0 aliphatic rings. The highest BCUT2D eigenvalue weighted by Gasteiger charge is 2.14. The van der Waals surface area contributed by atoms with Gasteiger partial charge in [0.05, 0.1) is 6.20 Å². The molecule has 0 aliphatic carbocycles. The zero-order valence-electron chi connectivity index (χ0n) is 9.99. The first-order valence-corrected chi connectivity index (χ1v) is 5.34. The van der Waals surface area contributed by atoms with Crippen LogP contribution < -0.4 is 4.74 Å². The Morgan fingerprint density at radius 2 is 2.21 bits per heavy atom. The second-order valence-electron chi connectivity index (χ2n) is 3.70. The number of ether oxygens (including phenoxy) is 1. The molecule has 0 bridgehead atoms. The van der Waals surface area contributed by atoms with Gasteiger partial charge >= 0.3 is 5.97 Å². The topological polar surface area (TPSA) is 96.1 Å². The number of nitrogens with zero attached hydrogens (tertiary/aromatic N) is 3. The van der Waals surface area contributed by atoms with Crippen molar-refractivity contribution in [2.24, 2.45) is 0 Å². The first kappa shape index (κ1) is 12.5. The van der Waals surface area contributed by atoms with E-state index in [1.54, 1.807) is 19.1 Å². The number of rotatable bonds is 3. The van der Waals surface area contributed by atoms with Crippen LogP contribution in [-0.2, 0) is 0 Å². The summed E-state index contributed by atoms with van der Waals surface area (Å²) in [7, 11) is 0. The molecule has 0 aromatic carbocycles. The van der Waals surface area contributed by atoms with Crippen LogP contribution in [0, 0.1) is 18.3 Å². The summed E-state index contributed by atoms with van der Waals surface area (Å²) in [5.74, 6) is -1.02. The van der Waals surface area contributed by atoms with Crippen molar-refractivity contribution in [2.75, 3.05) is 0 Å². The Labute approximate surface area is 108 Å². The lowest BCUT2D eigenvalue weighted by molar-refractivity contribution is 0.0694. The number of nitriles is 1. The van der Waals surface area contributed by atoms with E-state index >= 15 is 0 Å². The number of carboxylic acid groups (broad SMARTS) is 1. The number of carbonyl (C=O) groups is 1. The molecule has 2 heterocycles. The third-order valence-corrected chi connectivity index (χ3v) is 2.34. The Morgan fingerprint density at radius 3 is 2.89 bits per heavy atom. The quantitative estimate of drug-likeness (QED) is 0.902. The van der Waals surface area contributed by atoms with Crippen LogP contribution in [-0.4, -0.2) is 21.0 Å². The van der Waals surface area contributed by atoms with E-state index in [0.717, 1.165) is 0 Å². The first-order valence-electron chi connectivity index (χ1n) is 5.34. The van der Waals surface area contributed by atoms with Crippen LogP contribution in [0.25, 0.3) is 0 Å². The van der Waals surface area contributed by atoms with Crippen LogP contribution in [0.2, 0.25) is 0 Å². The second kappa shape index (κ2) is 5.14. The van der Waals surface area contributed by atoms with Gasteiger partial charge in [-0.2, -0.15) is 5.26 Å². The van der Waals surface area contributed by atoms with Crippen molar-refractivity contribution in [1.29, 1.82) is 5.26 Å². The van der Waals surface area contributed by atoms with Gasteiger partial charge in [0.2, 0.25) is 5.88 Å². The van der Waals surface area contributed by atoms with E-state index in [-0.39, 0.29) is 22.8 Å². The second-order valence-corrected chi connectivity index (χ2v) is 3.70. The van der Waals surface area contributed by atoms with Gasteiger partial charge in [0.25, 0.3) is 0 Å². The van der Waals surface area contributed by atoms with Crippen molar-refractivity contribution in [3.05, 3.63) is 47.4 Å². The smallest absolute Gasteiger partial charge is 0.339 e. The van der Waals surface area contributed by atoms with Crippen molar-refractivity contribution in [2.45, 2.75) is 6.92 Å². The molecule has 0 spiro atoms. The first-order chi connectivity index (χ1) is 9.11. The summed E-state index contributed by atoms with van der Waals surface area (Å²) in [6.07, 6.45) is 2.62. The SMILES string of the molecule is Cc1ccc(C#N)c(Oc2cnccc2C(=O)O)n1. The molecule has 0 fully saturated rings. The molecule has 2 aromatic heterocycles. The molecular formula is C13H9N3O3. The predicted molar refractivity (Wildman–Crippen MR) is 65.0 cm³/mol. The summed E-state index contributed by atoms with van der Waals surface area (Å²) in [6.45, 7) is 1.75. The van der Waals surface area contributed by atoms with Gasteiger partial charge in [0, 0.05) is 11.9 Å². The van der Waals surface area contributed by atoms with Crippen LogP contribution in [0.5, 0.6) is 11.6 Å². The molecule has 0 aliphatic heterocycles. The molecule has 2 rings (SSSR count). The standard InChI is InChI=1S/C13H9N3O3/c1-8-2-3-9(6-14)12(16-8)19-11-7-15-5-4-10(11)13(17)18/h2-5,7H,1H3,(H,17,18). The normalized spacial score (nSPS) is 9.68. The average molecular weight is 255 g/mol. The van der Waals surface area contributed by atoms with E-state index in [2.05, 4.69) is 9.97 Å². The summed E-state index contributed by atoms with van der Waals surface area (Å²) in [4.78, 5) is 18.9. The van der Waals surface area contributed by atoms with Crippen molar-refractivity contribution in [1.82, 2.24) is 9.97 Å². The van der Waals surface area contributed by atoms with Gasteiger partial charge in [-0.1, -0.05) is 0 Å². The fraction of sp³-hybridized carbons (Fsp3) is 0.0769. The number of aryl methyl sites for hydroxylation is 1. The molecule has 0 amide bonds. The van der Waals surface area contributed by atoms with E-state index in [1.807, 2.05) is 6.07 Å². The molecular weight excluding hydrogens is 246 g/mol. The maximum absolute atomic E-state index is 11.0. The summed E-state index contributed by atoms with van der Waals surface area (Å²) >= 11 is 0. The monoisotopic (exact) mass is 255 g/mol. The Hall–Kier alpha value is -2.94. The number of pyridine rings is 2. The molecule has 6 nitrogen and oxygen atoms in total. The lowest BCUT2D eigenvalue weighted by atomic mass is 10.2. The average Bonchev–Trinajstić information content (AvgIpc) is 2.39. The molecule has 0 unspecified atom stereocenters. The van der Waals surface area contributed by atoms with Crippen LogP contribution in [0.4, 0.5) is 0 Å². The molecule has 0 saturated carbocycles. The highest BCUT2D eigenvalue weighted by atomic mass is 16.5. The van der Waals surface area contributed by atoms with E-state index in [0.29, 0.717) is 5.69 Å². The highest BCUT2D eigenvalue weighted by Crippen LogP contribution is 2.25. The van der Waals surface area contributed by atoms with E-state index in [4.69, 9.17) is 15.1 Å². The number of aromatic nitrogens is 2. The Kier molecular flexibility index (Phi) is 3.39. The molecule has 19 heavy (non-hydrogen) atoms.